The minimum Gasteiger partial charge on any atom is -0.395 e. The molecular weight excluding hydrogens is 364 g/mol. The Labute approximate surface area is 134 Å². The zero-order valence-electron chi connectivity index (χ0n) is 10.9. The van der Waals surface area contributed by atoms with Crippen LogP contribution in [-0.2, 0) is 9.68 Å². The summed E-state index contributed by atoms with van der Waals surface area (Å²) in [6.07, 6.45) is 0. The van der Waals surface area contributed by atoms with Crippen molar-refractivity contribution in [2.24, 2.45) is 0 Å². The van der Waals surface area contributed by atoms with Crippen molar-refractivity contribution in [2.75, 3.05) is 6.61 Å². The van der Waals surface area contributed by atoms with Gasteiger partial charge in [0.05, 0.1) is 38.3 Å². The summed E-state index contributed by atoms with van der Waals surface area (Å²) >= 11 is 9.25. The molecule has 6 nitrogen and oxygen atoms in total. The first-order valence-electron chi connectivity index (χ1n) is 6.13. The van der Waals surface area contributed by atoms with Gasteiger partial charge in [-0.1, -0.05) is 27.8 Å². The van der Waals surface area contributed by atoms with E-state index in [0.29, 0.717) is 21.9 Å². The van der Waals surface area contributed by atoms with Crippen LogP contribution in [0.1, 0.15) is 27.6 Å². The molecule has 1 atom stereocenters. The molecule has 2 aliphatic rings. The van der Waals surface area contributed by atoms with Gasteiger partial charge in [-0.2, -0.15) is 0 Å². The lowest BCUT2D eigenvalue weighted by Crippen LogP contribution is -2.31. The van der Waals surface area contributed by atoms with Crippen molar-refractivity contribution in [3.05, 3.63) is 46.2 Å². The van der Waals surface area contributed by atoms with Crippen molar-refractivity contribution in [1.82, 2.24) is 9.15 Å². The van der Waals surface area contributed by atoms with Gasteiger partial charge in [0.25, 0.3) is 11.8 Å². The maximum absolute atomic E-state index is 12.1. The molecule has 8 heteroatoms. The van der Waals surface area contributed by atoms with Gasteiger partial charge in [0, 0.05) is 0 Å². The quantitative estimate of drug-likeness (QED) is 0.602. The second kappa shape index (κ2) is 5.42. The highest BCUT2D eigenvalue weighted by Gasteiger charge is 2.38. The molecule has 3 rings (SSSR count). The van der Waals surface area contributed by atoms with E-state index in [4.69, 9.17) is 21.3 Å². The van der Waals surface area contributed by atoms with Gasteiger partial charge >= 0.3 is 0 Å². The molecular formula is C13H10BrClN2O4. The molecule has 0 bridgehead atoms. The Morgan fingerprint density at radius 3 is 2.33 bits per heavy atom. The summed E-state index contributed by atoms with van der Waals surface area (Å²) in [7, 11) is 0. The number of carbonyl (C=O) groups excluding carboxylic acids is 2. The van der Waals surface area contributed by atoms with Gasteiger partial charge < -0.3 is 4.84 Å². The number of halogens is 2. The molecule has 0 fully saturated rings. The van der Waals surface area contributed by atoms with Gasteiger partial charge in [0.15, 0.2) is 5.76 Å². The average Bonchev–Trinajstić information content (AvgIpc) is 2.87. The number of fused-ring (bicyclic) bond motifs is 1. The number of hydroxylamine groups is 3. The Morgan fingerprint density at radius 2 is 1.86 bits per heavy atom. The van der Waals surface area contributed by atoms with E-state index in [0.717, 1.165) is 5.06 Å². The lowest BCUT2D eigenvalue weighted by atomic mass is 10.1. The van der Waals surface area contributed by atoms with E-state index >= 15 is 0 Å². The number of imide groups is 1. The Hall–Kier alpha value is -1.41. The average molecular weight is 374 g/mol. The van der Waals surface area contributed by atoms with E-state index < -0.39 is 11.8 Å². The molecule has 2 aliphatic heterocycles. The van der Waals surface area contributed by atoms with Crippen molar-refractivity contribution in [3.63, 3.8) is 0 Å². The molecule has 0 aromatic heterocycles. The lowest BCUT2D eigenvalue weighted by molar-refractivity contribution is -0.105. The third kappa shape index (κ3) is 2.36. The van der Waals surface area contributed by atoms with Gasteiger partial charge in [-0.15, -0.1) is 5.06 Å². The van der Waals surface area contributed by atoms with Crippen molar-refractivity contribution < 1.29 is 19.3 Å². The predicted octanol–water partition coefficient (Wildman–Crippen LogP) is 2.61. The first-order valence-corrected chi connectivity index (χ1v) is 7.21. The largest absolute Gasteiger partial charge is 0.395 e. The number of benzene rings is 1. The van der Waals surface area contributed by atoms with Crippen molar-refractivity contribution in [3.8, 4) is 0 Å². The standard InChI is InChI=1S/C13H10BrClN2O4/c1-7-11(15)10(21-17(7)14)6-20-16-12(18)8-4-2-3-5-9(8)13(16)19/h2-5,7H,6H2,1H3. The molecule has 2 heterocycles. The third-order valence-electron chi connectivity index (χ3n) is 3.22. The van der Waals surface area contributed by atoms with Crippen LogP contribution in [0.5, 0.6) is 0 Å². The monoisotopic (exact) mass is 372 g/mol. The zero-order chi connectivity index (χ0) is 15.1. The fraction of sp³-hybridized carbons (Fsp3) is 0.231. The van der Waals surface area contributed by atoms with Crippen LogP contribution >= 0.6 is 27.7 Å². The number of rotatable bonds is 3. The Kier molecular flexibility index (Phi) is 3.75. The number of hydrogen-bond acceptors (Lipinski definition) is 5. The summed E-state index contributed by atoms with van der Waals surface area (Å²) in [5, 5.41) is 1.18. The normalized spacial score (nSPS) is 22.0. The number of carbonyl (C=O) groups is 2. The minimum absolute atomic E-state index is 0.114. The molecule has 0 spiro atoms. The summed E-state index contributed by atoms with van der Waals surface area (Å²) < 4.78 is 1.39. The van der Waals surface area contributed by atoms with Crippen LogP contribution in [0.2, 0.25) is 0 Å². The summed E-state index contributed by atoms with van der Waals surface area (Å²) in [5.74, 6) is -0.638. The Bertz CT molecular complexity index is 628. The molecule has 1 unspecified atom stereocenters. The highest BCUT2D eigenvalue weighted by molar-refractivity contribution is 9.07. The van der Waals surface area contributed by atoms with E-state index in [2.05, 4.69) is 16.1 Å². The number of amides is 2. The molecule has 0 aliphatic carbocycles. The maximum Gasteiger partial charge on any atom is 0.285 e. The van der Waals surface area contributed by atoms with E-state index in [1.807, 2.05) is 6.92 Å². The molecule has 110 valence electrons. The third-order valence-corrected chi connectivity index (χ3v) is 4.50. The molecule has 0 saturated heterocycles. The van der Waals surface area contributed by atoms with Crippen LogP contribution in [0.3, 0.4) is 0 Å². The SMILES string of the molecule is CC1C(Cl)=C(CON2C(=O)c3ccccc3C2=O)ON1Br. The van der Waals surface area contributed by atoms with E-state index in [1.54, 1.807) is 24.3 Å². The second-order valence-corrected chi connectivity index (χ2v) is 5.64. The van der Waals surface area contributed by atoms with Crippen LogP contribution in [0, 0.1) is 0 Å². The van der Waals surface area contributed by atoms with Crippen molar-refractivity contribution >= 4 is 39.6 Å². The van der Waals surface area contributed by atoms with Crippen molar-refractivity contribution in [1.29, 1.82) is 0 Å². The molecule has 21 heavy (non-hydrogen) atoms. The van der Waals surface area contributed by atoms with E-state index in [9.17, 15) is 9.59 Å². The van der Waals surface area contributed by atoms with Gasteiger partial charge in [-0.25, -0.2) is 0 Å². The van der Waals surface area contributed by atoms with Crippen LogP contribution in [0.15, 0.2) is 35.1 Å². The first-order chi connectivity index (χ1) is 10.0. The Balaban J connectivity index is 1.74. The summed E-state index contributed by atoms with van der Waals surface area (Å²) in [4.78, 5) is 34.8. The Morgan fingerprint density at radius 1 is 1.29 bits per heavy atom. The van der Waals surface area contributed by atoms with Crippen LogP contribution < -0.4 is 0 Å². The molecule has 1 aromatic rings. The van der Waals surface area contributed by atoms with Gasteiger partial charge in [-0.05, 0) is 19.1 Å². The van der Waals surface area contributed by atoms with E-state index in [-0.39, 0.29) is 12.6 Å². The highest BCUT2D eigenvalue weighted by Crippen LogP contribution is 2.32. The lowest BCUT2D eigenvalue weighted by Gasteiger charge is -2.14. The fourth-order valence-corrected chi connectivity index (χ4v) is 2.73. The molecule has 0 saturated carbocycles. The summed E-state index contributed by atoms with van der Waals surface area (Å²) in [6.45, 7) is 1.71. The highest BCUT2D eigenvalue weighted by atomic mass is 79.9. The van der Waals surface area contributed by atoms with Crippen LogP contribution in [0.25, 0.3) is 0 Å². The molecule has 2 amide bonds. The first kappa shape index (κ1) is 14.5. The minimum atomic E-state index is -0.492. The molecule has 0 N–H and O–H groups in total. The van der Waals surface area contributed by atoms with Crippen molar-refractivity contribution in [2.45, 2.75) is 13.0 Å². The van der Waals surface area contributed by atoms with Crippen LogP contribution in [0.4, 0.5) is 0 Å². The van der Waals surface area contributed by atoms with Crippen LogP contribution in [-0.4, -0.2) is 33.6 Å². The molecule has 1 aromatic carbocycles. The zero-order valence-corrected chi connectivity index (χ0v) is 13.2. The second-order valence-electron chi connectivity index (χ2n) is 4.53. The topological polar surface area (TPSA) is 59.1 Å². The van der Waals surface area contributed by atoms with Gasteiger partial charge in [-0.3, -0.25) is 14.4 Å². The number of hydrogen-bond donors (Lipinski definition) is 0. The van der Waals surface area contributed by atoms with E-state index in [1.165, 1.54) is 4.09 Å². The summed E-state index contributed by atoms with van der Waals surface area (Å²) in [5.41, 5.74) is 0.649. The van der Waals surface area contributed by atoms with Gasteiger partial charge in [0.1, 0.15) is 6.61 Å². The number of nitrogens with zero attached hydrogens (tertiary/aromatic N) is 2. The predicted molar refractivity (Wildman–Crippen MR) is 77.1 cm³/mol. The molecule has 0 radical (unpaired) electrons. The fourth-order valence-electron chi connectivity index (χ4n) is 2.05. The maximum atomic E-state index is 12.1. The smallest absolute Gasteiger partial charge is 0.285 e. The summed E-state index contributed by atoms with van der Waals surface area (Å²) in [6, 6.07) is 6.38. The van der Waals surface area contributed by atoms with Gasteiger partial charge in [0.2, 0.25) is 0 Å².